The highest BCUT2D eigenvalue weighted by Gasteiger charge is 2.29. The van der Waals surface area contributed by atoms with Gasteiger partial charge in [-0.15, -0.1) is 0 Å². The Kier molecular flexibility index (Phi) is 4.93. The van der Waals surface area contributed by atoms with E-state index in [9.17, 15) is 9.59 Å². The Bertz CT molecular complexity index is 959. The number of hydrogen-bond acceptors (Lipinski definition) is 3. The number of aromatic nitrogens is 2. The SMILES string of the molecule is CC(NC(=O)c1ccc(-n2cccn2)cc1)c1ccc(NC(=O)C2CC2)cc1. The summed E-state index contributed by atoms with van der Waals surface area (Å²) >= 11 is 0. The van der Waals surface area contributed by atoms with E-state index in [0.29, 0.717) is 5.56 Å². The molecular formula is C22H22N4O2. The maximum absolute atomic E-state index is 12.5. The van der Waals surface area contributed by atoms with Gasteiger partial charge in [-0.25, -0.2) is 4.68 Å². The fraction of sp³-hybridized carbons (Fsp3) is 0.227. The van der Waals surface area contributed by atoms with Gasteiger partial charge in [0.2, 0.25) is 5.91 Å². The molecule has 3 aromatic rings. The van der Waals surface area contributed by atoms with Crippen LogP contribution in [0.4, 0.5) is 5.69 Å². The molecule has 0 bridgehead atoms. The lowest BCUT2D eigenvalue weighted by molar-refractivity contribution is -0.117. The van der Waals surface area contributed by atoms with Crippen molar-refractivity contribution in [2.75, 3.05) is 5.32 Å². The zero-order valence-corrected chi connectivity index (χ0v) is 15.6. The molecule has 4 rings (SSSR count). The molecule has 28 heavy (non-hydrogen) atoms. The standard InChI is InChI=1S/C22H22N4O2/c1-15(16-5-9-19(10-6-16)25-22(28)17-3-4-17)24-21(27)18-7-11-20(12-8-18)26-14-2-13-23-26/h2,5-15,17H,3-4H2,1H3,(H,24,27)(H,25,28). The minimum Gasteiger partial charge on any atom is -0.346 e. The van der Waals surface area contributed by atoms with Crippen molar-refractivity contribution < 1.29 is 9.59 Å². The van der Waals surface area contributed by atoms with E-state index in [1.54, 1.807) is 23.0 Å². The van der Waals surface area contributed by atoms with E-state index in [-0.39, 0.29) is 23.8 Å². The molecule has 1 aromatic heterocycles. The summed E-state index contributed by atoms with van der Waals surface area (Å²) in [5, 5.41) is 10.1. The zero-order chi connectivity index (χ0) is 19.5. The molecule has 6 heteroatoms. The Hall–Kier alpha value is -3.41. The van der Waals surface area contributed by atoms with Gasteiger partial charge in [0.25, 0.3) is 5.91 Å². The van der Waals surface area contributed by atoms with E-state index in [2.05, 4.69) is 15.7 Å². The summed E-state index contributed by atoms with van der Waals surface area (Å²) < 4.78 is 1.74. The van der Waals surface area contributed by atoms with Crippen molar-refractivity contribution in [1.29, 1.82) is 0 Å². The predicted octanol–water partition coefficient (Wildman–Crippen LogP) is 3.71. The van der Waals surface area contributed by atoms with E-state index >= 15 is 0 Å². The topological polar surface area (TPSA) is 76.0 Å². The van der Waals surface area contributed by atoms with Gasteiger partial charge in [-0.2, -0.15) is 5.10 Å². The molecule has 2 N–H and O–H groups in total. The minimum absolute atomic E-state index is 0.0904. The van der Waals surface area contributed by atoms with Crippen molar-refractivity contribution in [3.8, 4) is 5.69 Å². The number of benzene rings is 2. The van der Waals surface area contributed by atoms with Crippen LogP contribution in [0.5, 0.6) is 0 Å². The van der Waals surface area contributed by atoms with Crippen LogP contribution in [0.15, 0.2) is 67.0 Å². The van der Waals surface area contributed by atoms with Crippen LogP contribution in [0.3, 0.4) is 0 Å². The monoisotopic (exact) mass is 374 g/mol. The Morgan fingerprint density at radius 1 is 1.07 bits per heavy atom. The van der Waals surface area contributed by atoms with Gasteiger partial charge < -0.3 is 10.6 Å². The third-order valence-corrected chi connectivity index (χ3v) is 4.87. The molecule has 0 spiro atoms. The number of carbonyl (C=O) groups is 2. The molecule has 1 aliphatic carbocycles. The summed E-state index contributed by atoms with van der Waals surface area (Å²) in [6.07, 6.45) is 5.53. The van der Waals surface area contributed by atoms with Crippen molar-refractivity contribution >= 4 is 17.5 Å². The highest BCUT2D eigenvalue weighted by atomic mass is 16.2. The molecule has 142 valence electrons. The number of hydrogen-bond donors (Lipinski definition) is 2. The van der Waals surface area contributed by atoms with E-state index in [4.69, 9.17) is 0 Å². The summed E-state index contributed by atoms with van der Waals surface area (Å²) in [6.45, 7) is 1.94. The number of carbonyl (C=O) groups excluding carboxylic acids is 2. The molecule has 2 aromatic carbocycles. The summed E-state index contributed by atoms with van der Waals surface area (Å²) in [4.78, 5) is 24.4. The lowest BCUT2D eigenvalue weighted by atomic mass is 10.1. The highest BCUT2D eigenvalue weighted by molar-refractivity contribution is 5.95. The number of anilines is 1. The van der Waals surface area contributed by atoms with Crippen LogP contribution in [0.25, 0.3) is 5.69 Å². The third-order valence-electron chi connectivity index (χ3n) is 4.87. The quantitative estimate of drug-likeness (QED) is 0.691. The van der Waals surface area contributed by atoms with Crippen LogP contribution in [0.2, 0.25) is 0 Å². The molecule has 6 nitrogen and oxygen atoms in total. The molecular weight excluding hydrogens is 352 g/mol. The average molecular weight is 374 g/mol. The summed E-state index contributed by atoms with van der Waals surface area (Å²) in [5.41, 5.74) is 3.26. The smallest absolute Gasteiger partial charge is 0.251 e. The highest BCUT2D eigenvalue weighted by Crippen LogP contribution is 2.30. The number of nitrogens with one attached hydrogen (secondary N) is 2. The molecule has 0 saturated heterocycles. The molecule has 1 unspecified atom stereocenters. The second-order valence-electron chi connectivity index (χ2n) is 7.08. The second-order valence-corrected chi connectivity index (χ2v) is 7.08. The minimum atomic E-state index is -0.147. The fourth-order valence-electron chi connectivity index (χ4n) is 3.00. The fourth-order valence-corrected chi connectivity index (χ4v) is 3.00. The van der Waals surface area contributed by atoms with E-state index < -0.39 is 0 Å². The average Bonchev–Trinajstić information content (AvgIpc) is 3.43. The van der Waals surface area contributed by atoms with Crippen molar-refractivity contribution in [2.45, 2.75) is 25.8 Å². The Morgan fingerprint density at radius 2 is 1.79 bits per heavy atom. The maximum atomic E-state index is 12.5. The van der Waals surface area contributed by atoms with Crippen molar-refractivity contribution in [3.05, 3.63) is 78.1 Å². The van der Waals surface area contributed by atoms with Gasteiger partial charge in [-0.3, -0.25) is 9.59 Å². The molecule has 1 fully saturated rings. The van der Waals surface area contributed by atoms with Crippen molar-refractivity contribution in [3.63, 3.8) is 0 Å². The van der Waals surface area contributed by atoms with Crippen LogP contribution >= 0.6 is 0 Å². The van der Waals surface area contributed by atoms with Gasteiger partial charge in [0.05, 0.1) is 11.7 Å². The van der Waals surface area contributed by atoms with Crippen molar-refractivity contribution in [1.82, 2.24) is 15.1 Å². The Labute approximate surface area is 163 Å². The van der Waals surface area contributed by atoms with Gasteiger partial charge in [-0.1, -0.05) is 12.1 Å². The zero-order valence-electron chi connectivity index (χ0n) is 15.6. The third kappa shape index (κ3) is 4.11. The van der Waals surface area contributed by atoms with Gasteiger partial charge in [0, 0.05) is 29.6 Å². The van der Waals surface area contributed by atoms with E-state index in [1.165, 1.54) is 0 Å². The Morgan fingerprint density at radius 3 is 2.39 bits per heavy atom. The van der Waals surface area contributed by atoms with Crippen LogP contribution in [-0.4, -0.2) is 21.6 Å². The van der Waals surface area contributed by atoms with Gasteiger partial charge in [0.15, 0.2) is 0 Å². The summed E-state index contributed by atoms with van der Waals surface area (Å²) in [7, 11) is 0. The van der Waals surface area contributed by atoms with Crippen LogP contribution in [-0.2, 0) is 4.79 Å². The predicted molar refractivity (Wildman–Crippen MR) is 107 cm³/mol. The summed E-state index contributed by atoms with van der Waals surface area (Å²) in [5.74, 6) is 0.135. The van der Waals surface area contributed by atoms with Crippen LogP contribution < -0.4 is 10.6 Å². The van der Waals surface area contributed by atoms with Gasteiger partial charge in [-0.05, 0) is 67.8 Å². The lowest BCUT2D eigenvalue weighted by Crippen LogP contribution is -2.26. The first kappa shape index (κ1) is 18.0. The maximum Gasteiger partial charge on any atom is 0.251 e. The second kappa shape index (κ2) is 7.68. The van der Waals surface area contributed by atoms with Crippen molar-refractivity contribution in [2.24, 2.45) is 5.92 Å². The van der Waals surface area contributed by atoms with Gasteiger partial charge in [0.1, 0.15) is 0 Å². The lowest BCUT2D eigenvalue weighted by Gasteiger charge is -2.15. The molecule has 1 heterocycles. The molecule has 2 amide bonds. The van der Waals surface area contributed by atoms with Gasteiger partial charge >= 0.3 is 0 Å². The first-order valence-electron chi connectivity index (χ1n) is 9.42. The summed E-state index contributed by atoms with van der Waals surface area (Å²) in [6, 6.07) is 16.6. The molecule has 1 aliphatic rings. The number of nitrogens with zero attached hydrogens (tertiary/aromatic N) is 2. The van der Waals surface area contributed by atoms with E-state index in [1.807, 2.05) is 55.6 Å². The van der Waals surface area contributed by atoms with Crippen LogP contribution in [0, 0.1) is 5.92 Å². The number of rotatable bonds is 6. The molecule has 0 radical (unpaired) electrons. The van der Waals surface area contributed by atoms with E-state index in [0.717, 1.165) is 29.8 Å². The number of amides is 2. The molecule has 1 atom stereocenters. The first-order chi connectivity index (χ1) is 13.6. The molecule has 0 aliphatic heterocycles. The largest absolute Gasteiger partial charge is 0.346 e. The first-order valence-corrected chi connectivity index (χ1v) is 9.42. The normalized spacial score (nSPS) is 14.3. The molecule has 1 saturated carbocycles. The van der Waals surface area contributed by atoms with Crippen LogP contribution in [0.1, 0.15) is 41.7 Å². The Balaban J connectivity index is 1.36.